The Hall–Kier alpha value is -4.85. The molecule has 37 heavy (non-hydrogen) atoms. The minimum Gasteiger partial charge on any atom is -0.449 e. The lowest BCUT2D eigenvalue weighted by molar-refractivity contribution is 0.358. The van der Waals surface area contributed by atoms with Crippen LogP contribution >= 0.6 is 0 Å². The second-order valence-corrected chi connectivity index (χ2v) is 9.27. The summed E-state index contributed by atoms with van der Waals surface area (Å²) < 4.78 is 13.0. The summed E-state index contributed by atoms with van der Waals surface area (Å²) >= 11 is 0. The summed E-state index contributed by atoms with van der Waals surface area (Å²) in [6.07, 6.45) is 8.17. The number of aliphatic imine (C=N–C) groups is 1. The van der Waals surface area contributed by atoms with E-state index in [1.807, 2.05) is 37.3 Å². The number of nitrogens with zero attached hydrogens (tertiary/aromatic N) is 1. The largest absolute Gasteiger partial charge is 0.449 e. The van der Waals surface area contributed by atoms with Crippen LogP contribution in [-0.4, -0.2) is 6.72 Å². The van der Waals surface area contributed by atoms with E-state index in [9.17, 15) is 0 Å². The van der Waals surface area contributed by atoms with E-state index in [1.165, 1.54) is 22.3 Å². The van der Waals surface area contributed by atoms with Crippen LogP contribution in [-0.2, 0) is 5.41 Å². The number of fused-ring (bicyclic) bond motifs is 5. The molecule has 4 aromatic rings. The quantitative estimate of drug-likeness (QED) is 0.192. The Morgan fingerprint density at radius 2 is 1.65 bits per heavy atom. The molecule has 0 saturated carbocycles. The molecule has 1 unspecified atom stereocenters. The molecule has 0 bridgehead atoms. The van der Waals surface area contributed by atoms with E-state index in [-0.39, 0.29) is 0 Å². The molecule has 0 N–H and O–H groups in total. The summed E-state index contributed by atoms with van der Waals surface area (Å²) in [5.41, 5.74) is 11.5. The van der Waals surface area contributed by atoms with Crippen LogP contribution in [0.15, 0.2) is 126 Å². The monoisotopic (exact) mass is 477 g/mol. The van der Waals surface area contributed by atoms with Crippen molar-refractivity contribution in [1.29, 1.82) is 0 Å². The van der Waals surface area contributed by atoms with Crippen LogP contribution in [0.4, 0.5) is 0 Å². The summed E-state index contributed by atoms with van der Waals surface area (Å²) in [4.78, 5) is 4.19. The molecule has 0 fully saturated rings. The highest BCUT2D eigenvalue weighted by molar-refractivity contribution is 5.89. The standard InChI is InChI=1S/C34H23NO2/c1-3-29(35-2)25-17-11-19-30-33(25)37-32-21-28-26(20-31(32)36-30)24-16-9-10-18-27(24)34(28,23-14-7-8-15-23)22-12-5-4-6-13-22/h3-7,9-21H,2H2,1H3/b29-3-. The predicted octanol–water partition coefficient (Wildman–Crippen LogP) is 8.61. The van der Waals surface area contributed by atoms with Crippen LogP contribution in [0.1, 0.15) is 29.2 Å². The smallest absolute Gasteiger partial charge is 0.179 e. The first kappa shape index (κ1) is 21.4. The topological polar surface area (TPSA) is 30.8 Å². The van der Waals surface area contributed by atoms with E-state index in [0.29, 0.717) is 23.0 Å². The lowest BCUT2D eigenvalue weighted by Gasteiger charge is -2.34. The zero-order valence-corrected chi connectivity index (χ0v) is 20.4. The Kier molecular flexibility index (Phi) is 4.69. The van der Waals surface area contributed by atoms with Crippen LogP contribution in [0, 0.1) is 0 Å². The van der Waals surface area contributed by atoms with Gasteiger partial charge in [0.05, 0.1) is 11.1 Å². The molecule has 1 aliphatic heterocycles. The average Bonchev–Trinajstić information content (AvgIpc) is 3.58. The molecule has 0 aromatic heterocycles. The van der Waals surface area contributed by atoms with Gasteiger partial charge in [0.1, 0.15) is 0 Å². The molecule has 2 aliphatic carbocycles. The molecular weight excluding hydrogens is 454 g/mol. The number of rotatable bonds is 4. The van der Waals surface area contributed by atoms with Gasteiger partial charge < -0.3 is 9.47 Å². The van der Waals surface area contributed by atoms with Crippen molar-refractivity contribution in [2.45, 2.75) is 12.3 Å². The summed E-state index contributed by atoms with van der Waals surface area (Å²) in [6.45, 7) is 5.68. The molecule has 3 nitrogen and oxygen atoms in total. The molecule has 3 aliphatic rings. The molecule has 1 atom stereocenters. The molecule has 0 saturated heterocycles. The van der Waals surface area contributed by atoms with Crippen LogP contribution in [0.5, 0.6) is 23.0 Å². The molecule has 176 valence electrons. The van der Waals surface area contributed by atoms with Crippen molar-refractivity contribution < 1.29 is 9.47 Å². The van der Waals surface area contributed by atoms with Gasteiger partial charge in [-0.2, -0.15) is 0 Å². The van der Waals surface area contributed by atoms with Crippen molar-refractivity contribution in [3.8, 4) is 34.1 Å². The Morgan fingerprint density at radius 1 is 0.838 bits per heavy atom. The number of benzene rings is 4. The number of hydrogen-bond donors (Lipinski definition) is 0. The minimum absolute atomic E-state index is 0.497. The second kappa shape index (κ2) is 8.09. The molecule has 1 heterocycles. The van der Waals surface area contributed by atoms with Gasteiger partial charge in [0, 0.05) is 5.56 Å². The molecule has 0 radical (unpaired) electrons. The van der Waals surface area contributed by atoms with Gasteiger partial charge in [-0.05, 0) is 89.5 Å². The first-order chi connectivity index (χ1) is 18.3. The van der Waals surface area contributed by atoms with Crippen LogP contribution in [0.25, 0.3) is 16.8 Å². The van der Waals surface area contributed by atoms with E-state index < -0.39 is 5.41 Å². The first-order valence-corrected chi connectivity index (χ1v) is 12.3. The van der Waals surface area contributed by atoms with Crippen LogP contribution in [0.3, 0.4) is 0 Å². The van der Waals surface area contributed by atoms with Gasteiger partial charge in [0.2, 0.25) is 0 Å². The maximum absolute atomic E-state index is 6.60. The normalized spacial score (nSPS) is 18.2. The lowest BCUT2D eigenvalue weighted by Crippen LogP contribution is -2.28. The van der Waals surface area contributed by atoms with Crippen molar-refractivity contribution in [1.82, 2.24) is 0 Å². The minimum atomic E-state index is -0.497. The maximum Gasteiger partial charge on any atom is 0.179 e. The SMILES string of the molecule is C=N/C(=C\C)c1cccc2c1Oc1cc3c(cc1O2)-c1ccccc1C3(C1=CC=C=C1)c1ccccc1. The fourth-order valence-electron chi connectivity index (χ4n) is 5.94. The zero-order valence-electron chi connectivity index (χ0n) is 20.4. The van der Waals surface area contributed by atoms with Crippen molar-refractivity contribution >= 4 is 12.4 Å². The second-order valence-electron chi connectivity index (χ2n) is 9.27. The van der Waals surface area contributed by atoms with Crippen LogP contribution < -0.4 is 9.47 Å². The molecule has 4 aromatic carbocycles. The third kappa shape index (κ3) is 2.92. The number of allylic oxidation sites excluding steroid dienone is 4. The Balaban J connectivity index is 1.50. The van der Waals surface area contributed by atoms with Crippen LogP contribution in [0.2, 0.25) is 0 Å². The Morgan fingerprint density at radius 3 is 2.43 bits per heavy atom. The lowest BCUT2D eigenvalue weighted by atomic mass is 9.67. The van der Waals surface area contributed by atoms with E-state index in [1.54, 1.807) is 0 Å². The highest BCUT2D eigenvalue weighted by atomic mass is 16.6. The van der Waals surface area contributed by atoms with Gasteiger partial charge in [-0.1, -0.05) is 66.7 Å². The van der Waals surface area contributed by atoms with Gasteiger partial charge in [0.25, 0.3) is 0 Å². The predicted molar refractivity (Wildman–Crippen MR) is 149 cm³/mol. The summed E-state index contributed by atoms with van der Waals surface area (Å²) in [5, 5.41) is 0. The third-order valence-corrected chi connectivity index (χ3v) is 7.48. The third-order valence-electron chi connectivity index (χ3n) is 7.48. The van der Waals surface area contributed by atoms with Crippen molar-refractivity contribution in [3.63, 3.8) is 0 Å². The molecular formula is C34H23NO2. The van der Waals surface area contributed by atoms with Crippen molar-refractivity contribution in [2.24, 2.45) is 4.99 Å². The van der Waals surface area contributed by atoms with E-state index in [2.05, 4.69) is 96.3 Å². The summed E-state index contributed by atoms with van der Waals surface area (Å²) in [7, 11) is 0. The van der Waals surface area contributed by atoms with Gasteiger partial charge in [0.15, 0.2) is 23.0 Å². The highest BCUT2D eigenvalue weighted by Gasteiger charge is 2.48. The van der Waals surface area contributed by atoms with E-state index in [0.717, 1.165) is 22.4 Å². The van der Waals surface area contributed by atoms with Gasteiger partial charge in [-0.25, -0.2) is 0 Å². The maximum atomic E-state index is 6.60. The number of hydrogen-bond acceptors (Lipinski definition) is 3. The number of para-hydroxylation sites is 1. The van der Waals surface area contributed by atoms with E-state index >= 15 is 0 Å². The van der Waals surface area contributed by atoms with Crippen molar-refractivity contribution in [2.75, 3.05) is 0 Å². The molecule has 0 amide bonds. The zero-order chi connectivity index (χ0) is 25.0. The molecule has 3 heteroatoms. The fraction of sp³-hybridized carbons (Fsp3) is 0.0588. The molecule has 7 rings (SSSR count). The average molecular weight is 478 g/mol. The first-order valence-electron chi connectivity index (χ1n) is 12.3. The van der Waals surface area contributed by atoms with Crippen molar-refractivity contribution in [3.05, 3.63) is 143 Å². The Labute approximate surface area is 216 Å². The van der Waals surface area contributed by atoms with Gasteiger partial charge >= 0.3 is 0 Å². The fourth-order valence-corrected chi connectivity index (χ4v) is 5.94. The van der Waals surface area contributed by atoms with E-state index in [4.69, 9.17) is 9.47 Å². The van der Waals surface area contributed by atoms with Gasteiger partial charge in [-0.15, -0.1) is 5.73 Å². The number of ether oxygens (including phenoxy) is 2. The Bertz CT molecular complexity index is 1740. The van der Waals surface area contributed by atoms with Gasteiger partial charge in [-0.3, -0.25) is 4.99 Å². The summed E-state index contributed by atoms with van der Waals surface area (Å²) in [5.74, 6) is 2.70. The molecule has 0 spiro atoms. The highest BCUT2D eigenvalue weighted by Crippen LogP contribution is 2.60. The summed E-state index contributed by atoms with van der Waals surface area (Å²) in [6, 6.07) is 29.5.